The molecule has 0 aliphatic rings. The van der Waals surface area contributed by atoms with Crippen LogP contribution in [-0.2, 0) is 14.3 Å². The Morgan fingerprint density at radius 1 is 0.457 bits per heavy atom. The number of esters is 1. The second-order valence-electron chi connectivity index (χ2n) is 14.2. The lowest BCUT2D eigenvalue weighted by Crippen LogP contribution is -2.18. The number of aliphatic carboxylic acids is 1. The van der Waals surface area contributed by atoms with E-state index >= 15 is 0 Å². The molecule has 1 N–H and O–H groups in total. The molecular weight excluding hydrogens is 568 g/mol. The number of carboxylic acid groups (broad SMARTS) is 1. The third-order valence-corrected chi connectivity index (χ3v) is 9.49. The Morgan fingerprint density at radius 3 is 1.17 bits per heavy atom. The van der Waals surface area contributed by atoms with Crippen LogP contribution in [0.5, 0.6) is 0 Å². The Hall–Kier alpha value is -1.32. The number of allylic oxidation sites excluding steroid dienone is 2. The maximum absolute atomic E-state index is 12.7. The van der Waals surface area contributed by atoms with Crippen molar-refractivity contribution < 1.29 is 19.4 Å². The van der Waals surface area contributed by atoms with Crippen LogP contribution in [0.1, 0.15) is 239 Å². The normalized spacial score (nSPS) is 12.2. The molecule has 4 nitrogen and oxygen atoms in total. The van der Waals surface area contributed by atoms with Crippen molar-refractivity contribution in [3.63, 3.8) is 0 Å². The van der Waals surface area contributed by atoms with Crippen LogP contribution in [-0.4, -0.2) is 23.1 Å². The van der Waals surface area contributed by atoms with E-state index in [2.05, 4.69) is 26.0 Å². The van der Waals surface area contributed by atoms with E-state index < -0.39 is 5.97 Å². The molecule has 1 unspecified atom stereocenters. The van der Waals surface area contributed by atoms with Gasteiger partial charge in [0.1, 0.15) is 6.10 Å². The molecular formula is C42H80O4. The van der Waals surface area contributed by atoms with Crippen molar-refractivity contribution in [3.05, 3.63) is 12.2 Å². The number of rotatable bonds is 38. The van der Waals surface area contributed by atoms with E-state index in [0.29, 0.717) is 6.42 Å². The highest BCUT2D eigenvalue weighted by Crippen LogP contribution is 2.19. The second-order valence-corrected chi connectivity index (χ2v) is 14.2. The first-order chi connectivity index (χ1) is 22.6. The zero-order valence-electron chi connectivity index (χ0n) is 31.2. The quantitative estimate of drug-likeness (QED) is 0.0411. The molecule has 0 heterocycles. The van der Waals surface area contributed by atoms with Gasteiger partial charge in [0.25, 0.3) is 0 Å². The molecule has 0 rings (SSSR count). The molecule has 0 aromatic heterocycles. The van der Waals surface area contributed by atoms with Gasteiger partial charge in [-0.1, -0.05) is 174 Å². The van der Waals surface area contributed by atoms with Crippen LogP contribution in [0.2, 0.25) is 0 Å². The third kappa shape index (κ3) is 37.1. The summed E-state index contributed by atoms with van der Waals surface area (Å²) < 4.78 is 6.01. The maximum atomic E-state index is 12.7. The fourth-order valence-corrected chi connectivity index (χ4v) is 6.42. The van der Waals surface area contributed by atoms with Gasteiger partial charge in [-0.05, 0) is 64.2 Å². The van der Waals surface area contributed by atoms with Crippen LogP contribution in [0.4, 0.5) is 0 Å². The molecule has 0 fully saturated rings. The summed E-state index contributed by atoms with van der Waals surface area (Å²) in [7, 11) is 0. The first-order valence-corrected chi connectivity index (χ1v) is 20.7. The summed E-state index contributed by atoms with van der Waals surface area (Å²) in [5.41, 5.74) is 0. The predicted octanol–water partition coefficient (Wildman–Crippen LogP) is 14.2. The van der Waals surface area contributed by atoms with Gasteiger partial charge in [0.2, 0.25) is 0 Å². The number of ether oxygens (including phenoxy) is 1. The zero-order chi connectivity index (χ0) is 33.6. The Kier molecular flexibility index (Phi) is 37.0. The minimum absolute atomic E-state index is 0.00113. The lowest BCUT2D eigenvalue weighted by molar-refractivity contribution is -0.150. The molecule has 4 heteroatoms. The van der Waals surface area contributed by atoms with Gasteiger partial charge < -0.3 is 9.84 Å². The molecule has 0 saturated carbocycles. The summed E-state index contributed by atoms with van der Waals surface area (Å²) in [6, 6.07) is 0. The number of carbonyl (C=O) groups excluding carboxylic acids is 1. The van der Waals surface area contributed by atoms with Gasteiger partial charge in [-0.3, -0.25) is 9.59 Å². The van der Waals surface area contributed by atoms with E-state index in [1.54, 1.807) is 0 Å². The molecule has 0 aromatic carbocycles. The molecule has 0 saturated heterocycles. The van der Waals surface area contributed by atoms with E-state index in [-0.39, 0.29) is 18.5 Å². The van der Waals surface area contributed by atoms with Gasteiger partial charge in [0, 0.05) is 12.8 Å². The van der Waals surface area contributed by atoms with Gasteiger partial charge >= 0.3 is 11.9 Å². The van der Waals surface area contributed by atoms with Crippen LogP contribution in [0, 0.1) is 0 Å². The SMILES string of the molecule is CCCCCCCC/C=C\CCCCCCCC(=O)OC(CCCCCCCCCCCCCCC)CCCCCCCC(=O)O. The van der Waals surface area contributed by atoms with E-state index in [1.165, 1.54) is 148 Å². The fourth-order valence-electron chi connectivity index (χ4n) is 6.42. The smallest absolute Gasteiger partial charge is 0.306 e. The van der Waals surface area contributed by atoms with E-state index in [4.69, 9.17) is 9.84 Å². The summed E-state index contributed by atoms with van der Waals surface area (Å²) in [6.07, 6.45) is 46.6. The number of carbonyl (C=O) groups is 2. The van der Waals surface area contributed by atoms with Crippen molar-refractivity contribution in [2.24, 2.45) is 0 Å². The highest BCUT2D eigenvalue weighted by molar-refractivity contribution is 5.69. The Labute approximate surface area is 287 Å². The summed E-state index contributed by atoms with van der Waals surface area (Å²) in [5, 5.41) is 8.82. The Balaban J connectivity index is 4.01. The molecule has 0 radical (unpaired) electrons. The van der Waals surface area contributed by atoms with Crippen molar-refractivity contribution in [1.82, 2.24) is 0 Å². The minimum atomic E-state index is -0.698. The van der Waals surface area contributed by atoms with Gasteiger partial charge in [-0.2, -0.15) is 0 Å². The van der Waals surface area contributed by atoms with Crippen LogP contribution in [0.3, 0.4) is 0 Å². The monoisotopic (exact) mass is 649 g/mol. The molecule has 272 valence electrons. The van der Waals surface area contributed by atoms with Crippen LogP contribution in [0.25, 0.3) is 0 Å². The topological polar surface area (TPSA) is 63.6 Å². The first kappa shape index (κ1) is 44.7. The van der Waals surface area contributed by atoms with Crippen LogP contribution >= 0.6 is 0 Å². The van der Waals surface area contributed by atoms with Gasteiger partial charge in [0.15, 0.2) is 0 Å². The van der Waals surface area contributed by atoms with Gasteiger partial charge in [-0.25, -0.2) is 0 Å². The standard InChI is InChI=1S/C42H80O4/c1-3-5-7-9-11-13-15-17-18-20-22-24-26-31-35-39-42(45)46-40(37-33-29-27-30-34-38-41(43)44)36-32-28-25-23-21-19-16-14-12-10-8-6-4-2/h17-18,40H,3-16,19-39H2,1-2H3,(H,43,44)/b18-17-. The van der Waals surface area contributed by atoms with Crippen LogP contribution in [0.15, 0.2) is 12.2 Å². The molecule has 0 aliphatic heterocycles. The molecule has 0 aliphatic carbocycles. The number of hydrogen-bond donors (Lipinski definition) is 1. The molecule has 0 bridgehead atoms. The highest BCUT2D eigenvalue weighted by atomic mass is 16.5. The lowest BCUT2D eigenvalue weighted by atomic mass is 10.0. The minimum Gasteiger partial charge on any atom is -0.481 e. The van der Waals surface area contributed by atoms with Crippen molar-refractivity contribution in [1.29, 1.82) is 0 Å². The van der Waals surface area contributed by atoms with Crippen molar-refractivity contribution >= 4 is 11.9 Å². The molecule has 0 aromatic rings. The first-order valence-electron chi connectivity index (χ1n) is 20.7. The van der Waals surface area contributed by atoms with Crippen LogP contribution < -0.4 is 0 Å². The largest absolute Gasteiger partial charge is 0.481 e. The van der Waals surface area contributed by atoms with Gasteiger partial charge in [0.05, 0.1) is 0 Å². The molecule has 1 atom stereocenters. The fraction of sp³-hybridized carbons (Fsp3) is 0.905. The average Bonchev–Trinajstić information content (AvgIpc) is 3.04. The van der Waals surface area contributed by atoms with E-state index in [1.807, 2.05) is 0 Å². The van der Waals surface area contributed by atoms with E-state index in [0.717, 1.165) is 64.2 Å². The second kappa shape index (κ2) is 38.1. The predicted molar refractivity (Wildman–Crippen MR) is 200 cm³/mol. The maximum Gasteiger partial charge on any atom is 0.306 e. The third-order valence-electron chi connectivity index (χ3n) is 9.49. The number of carboxylic acids is 1. The molecule has 46 heavy (non-hydrogen) atoms. The number of unbranched alkanes of at least 4 members (excludes halogenated alkanes) is 27. The molecule has 0 amide bonds. The summed E-state index contributed by atoms with van der Waals surface area (Å²) in [4.78, 5) is 23.4. The van der Waals surface area contributed by atoms with Crippen molar-refractivity contribution in [2.45, 2.75) is 245 Å². The van der Waals surface area contributed by atoms with E-state index in [9.17, 15) is 9.59 Å². The summed E-state index contributed by atoms with van der Waals surface area (Å²) in [5.74, 6) is -0.699. The Morgan fingerprint density at radius 2 is 0.783 bits per heavy atom. The lowest BCUT2D eigenvalue weighted by Gasteiger charge is -2.18. The molecule has 0 spiro atoms. The Bertz CT molecular complexity index is 658. The average molecular weight is 649 g/mol. The van der Waals surface area contributed by atoms with Crippen molar-refractivity contribution in [2.75, 3.05) is 0 Å². The zero-order valence-corrected chi connectivity index (χ0v) is 31.2. The summed E-state index contributed by atoms with van der Waals surface area (Å²) in [6.45, 7) is 4.55. The number of hydrogen-bond acceptors (Lipinski definition) is 3. The highest BCUT2D eigenvalue weighted by Gasteiger charge is 2.14. The van der Waals surface area contributed by atoms with Gasteiger partial charge in [-0.15, -0.1) is 0 Å². The van der Waals surface area contributed by atoms with Crippen molar-refractivity contribution in [3.8, 4) is 0 Å². The summed E-state index contributed by atoms with van der Waals surface area (Å²) >= 11 is 0.